The van der Waals surface area contributed by atoms with Crippen LogP contribution in [-0.2, 0) is 38.1 Å². The van der Waals surface area contributed by atoms with Crippen LogP contribution in [0, 0.1) is 23.7 Å². The molecule has 0 bridgehead atoms. The van der Waals surface area contributed by atoms with E-state index >= 15 is 0 Å². The number of aromatic hydroxyl groups is 1. The lowest BCUT2D eigenvalue weighted by molar-refractivity contribution is -0.333. The van der Waals surface area contributed by atoms with Gasteiger partial charge in [-0.15, -0.1) is 0 Å². The van der Waals surface area contributed by atoms with Crippen LogP contribution >= 0.6 is 0 Å². The van der Waals surface area contributed by atoms with Crippen LogP contribution in [0.15, 0.2) is 24.3 Å². The summed E-state index contributed by atoms with van der Waals surface area (Å²) in [5, 5.41) is 93.5. The molecule has 370 valence electrons. The number of aliphatic hydroxyl groups excluding tert-OH is 6. The Labute approximate surface area is 383 Å². The molecule has 3 heterocycles. The molecule has 5 fully saturated rings. The first kappa shape index (κ1) is 50.4. The molecular weight excluding hydrogens is 867 g/mol. The maximum absolute atomic E-state index is 14.0. The van der Waals surface area contributed by atoms with Crippen molar-refractivity contribution in [2.24, 2.45) is 23.7 Å². The summed E-state index contributed by atoms with van der Waals surface area (Å²) in [4.78, 5) is 39.8. The summed E-state index contributed by atoms with van der Waals surface area (Å²) >= 11 is 0. The number of nitrogens with one attached hydrogen (secondary N) is 3. The molecule has 0 spiro atoms. The number of phenolic OH excluding ortho intramolecular Hbond substituents is 1. The molecule has 20 heteroatoms. The summed E-state index contributed by atoms with van der Waals surface area (Å²) in [6, 6.07) is 3.12. The number of benzene rings is 1. The van der Waals surface area contributed by atoms with Crippen LogP contribution in [0.2, 0.25) is 0 Å². The summed E-state index contributed by atoms with van der Waals surface area (Å²) in [5.41, 5.74) is 0.332. The molecule has 1 aromatic rings. The molecule has 6 aliphatic rings. The van der Waals surface area contributed by atoms with Gasteiger partial charge >= 0.3 is 0 Å². The van der Waals surface area contributed by atoms with Gasteiger partial charge in [0, 0.05) is 43.5 Å². The van der Waals surface area contributed by atoms with E-state index in [4.69, 9.17) is 28.4 Å². The predicted octanol–water partition coefficient (Wildman–Crippen LogP) is -0.210. The summed E-state index contributed by atoms with van der Waals surface area (Å²) < 4.78 is 37.3. The van der Waals surface area contributed by atoms with E-state index in [-0.39, 0.29) is 67.5 Å². The normalized spacial score (nSPS) is 37.1. The van der Waals surface area contributed by atoms with Crippen molar-refractivity contribution in [2.45, 2.75) is 177 Å². The zero-order valence-electron chi connectivity index (χ0n) is 37.8. The molecule has 66 heavy (non-hydrogen) atoms. The number of amides is 3. The van der Waals surface area contributed by atoms with Gasteiger partial charge in [0.25, 0.3) is 0 Å². The van der Waals surface area contributed by atoms with Gasteiger partial charge in [0.1, 0.15) is 48.1 Å². The third-order valence-corrected chi connectivity index (χ3v) is 14.3. The van der Waals surface area contributed by atoms with E-state index in [1.54, 1.807) is 6.07 Å². The van der Waals surface area contributed by atoms with Crippen molar-refractivity contribution in [2.75, 3.05) is 19.7 Å². The second-order valence-electron chi connectivity index (χ2n) is 19.1. The van der Waals surface area contributed by atoms with Gasteiger partial charge in [-0.3, -0.25) is 14.4 Å². The highest BCUT2D eigenvalue weighted by molar-refractivity contribution is 5.90. The Morgan fingerprint density at radius 2 is 1.68 bits per heavy atom. The Hall–Kier alpha value is -3.51. The highest BCUT2D eigenvalue weighted by atomic mass is 16.7. The Balaban J connectivity index is 1.07. The number of carbonyl (C=O) groups is 3. The van der Waals surface area contributed by atoms with Gasteiger partial charge in [0.05, 0.1) is 36.9 Å². The van der Waals surface area contributed by atoms with E-state index in [0.717, 1.165) is 32.1 Å². The third kappa shape index (κ3) is 11.8. The van der Waals surface area contributed by atoms with Gasteiger partial charge in [-0.2, -0.15) is 0 Å². The Kier molecular flexibility index (Phi) is 16.7. The van der Waals surface area contributed by atoms with Crippen LogP contribution in [0.4, 0.5) is 0 Å². The SMILES string of the molecule is CCC1CC(C(=O)NCCNC(=O)CC2=CC(O)Oc3cc(O)ccc32)CC(OC2OC(CO)C(O)C(OC(CC3CCCCC3)C(O)O)C2NC(C)=O)C1OC1OC2(C)CC2C(O)C1O. The largest absolute Gasteiger partial charge is 0.508 e. The van der Waals surface area contributed by atoms with Crippen molar-refractivity contribution in [3.05, 3.63) is 29.8 Å². The summed E-state index contributed by atoms with van der Waals surface area (Å²) in [5.74, 6) is -2.33. The third-order valence-electron chi connectivity index (χ3n) is 14.3. The molecule has 11 N–H and O–H groups in total. The zero-order valence-corrected chi connectivity index (χ0v) is 37.8. The van der Waals surface area contributed by atoms with Crippen LogP contribution in [0.3, 0.4) is 0 Å². The number of hydrogen-bond donors (Lipinski definition) is 11. The average Bonchev–Trinajstić information content (AvgIpc) is 3.97. The molecule has 0 radical (unpaired) electrons. The van der Waals surface area contributed by atoms with Crippen LogP contribution in [-0.4, -0.2) is 164 Å². The Morgan fingerprint density at radius 3 is 2.38 bits per heavy atom. The van der Waals surface area contributed by atoms with Crippen LogP contribution in [0.25, 0.3) is 5.57 Å². The van der Waals surface area contributed by atoms with Gasteiger partial charge in [-0.1, -0.05) is 45.4 Å². The fourth-order valence-electron chi connectivity index (χ4n) is 10.6. The summed E-state index contributed by atoms with van der Waals surface area (Å²) in [6.45, 7) is 4.41. The van der Waals surface area contributed by atoms with Crippen molar-refractivity contribution < 1.29 is 83.7 Å². The van der Waals surface area contributed by atoms with Crippen molar-refractivity contribution in [1.82, 2.24) is 16.0 Å². The van der Waals surface area contributed by atoms with Crippen molar-refractivity contribution in [3.63, 3.8) is 0 Å². The van der Waals surface area contributed by atoms with Gasteiger partial charge in [0.15, 0.2) is 18.9 Å². The first-order valence-corrected chi connectivity index (χ1v) is 23.5. The number of fused-ring (bicyclic) bond motifs is 2. The molecular formula is C46H69N3O17. The number of carbonyl (C=O) groups excluding carboxylic acids is 3. The standard InChI is InChI=1S/C46H69N3O17/c1-4-24-15-26(42(58)48-13-12-47-34(53)17-25-18-35(54)61-30-19-27(52)10-11-28(25)30)16-31(40(24)65-45-39(57)37(55)29-20-46(29,3)66-45)63-44-36(49-22(2)51)41(38(56)33(21-50)64-44)62-32(43(59)60)14-23-8-6-5-7-9-23/h10-11,18-19,23-24,26,29,31-33,35-41,43-45,50,52,54-57,59-60H,4-9,12-17,20-21H2,1-3H3,(H,47,53)(H,48,58)(H,49,51). The van der Waals surface area contributed by atoms with Gasteiger partial charge in [-0.05, 0) is 68.2 Å². The Bertz CT molecular complexity index is 1870. The van der Waals surface area contributed by atoms with E-state index in [9.17, 15) is 55.2 Å². The molecule has 20 nitrogen and oxygen atoms in total. The first-order valence-electron chi connectivity index (χ1n) is 23.5. The number of phenols is 1. The van der Waals surface area contributed by atoms with Gasteiger partial charge in [0.2, 0.25) is 24.0 Å². The van der Waals surface area contributed by atoms with Gasteiger partial charge < -0.3 is 85.2 Å². The molecule has 16 atom stereocenters. The fraction of sp³-hybridized carbons (Fsp3) is 0.761. The lowest BCUT2D eigenvalue weighted by Gasteiger charge is -2.49. The summed E-state index contributed by atoms with van der Waals surface area (Å²) in [6.07, 6.45) is -8.08. The van der Waals surface area contributed by atoms with E-state index in [2.05, 4.69) is 16.0 Å². The first-order chi connectivity index (χ1) is 31.5. The maximum atomic E-state index is 14.0. The number of ether oxygens (including phenoxy) is 6. The van der Waals surface area contributed by atoms with Crippen LogP contribution in [0.1, 0.15) is 97.0 Å². The lowest BCUT2D eigenvalue weighted by atomic mass is 9.75. The number of aliphatic hydroxyl groups is 7. The predicted molar refractivity (Wildman–Crippen MR) is 230 cm³/mol. The molecule has 0 aromatic heterocycles. The highest BCUT2D eigenvalue weighted by Crippen LogP contribution is 2.54. The molecule has 3 aliphatic carbocycles. The van der Waals surface area contributed by atoms with Crippen molar-refractivity contribution in [3.8, 4) is 11.5 Å². The lowest BCUT2D eigenvalue weighted by Crippen LogP contribution is -2.67. The molecule has 3 aliphatic heterocycles. The maximum Gasteiger partial charge on any atom is 0.224 e. The summed E-state index contributed by atoms with van der Waals surface area (Å²) in [7, 11) is 0. The molecule has 1 aromatic carbocycles. The number of rotatable bonds is 18. The van der Waals surface area contributed by atoms with Crippen LogP contribution in [0.5, 0.6) is 11.5 Å². The van der Waals surface area contributed by atoms with Crippen LogP contribution < -0.4 is 20.7 Å². The van der Waals surface area contributed by atoms with E-state index in [0.29, 0.717) is 30.4 Å². The minimum atomic E-state index is -1.93. The molecule has 2 saturated heterocycles. The quantitative estimate of drug-likeness (QED) is 0.0671. The molecule has 3 amide bonds. The van der Waals surface area contributed by atoms with E-state index < -0.39 is 110 Å². The minimum Gasteiger partial charge on any atom is -0.508 e. The second kappa shape index (κ2) is 21.8. The molecule has 3 saturated carbocycles. The molecule has 16 unspecified atom stereocenters. The number of hydrogen-bond acceptors (Lipinski definition) is 17. The topological polar surface area (TPSA) is 305 Å². The molecule has 7 rings (SSSR count). The fourth-order valence-corrected chi connectivity index (χ4v) is 10.6. The minimum absolute atomic E-state index is 0.0162. The Morgan fingerprint density at radius 1 is 0.939 bits per heavy atom. The van der Waals surface area contributed by atoms with E-state index in [1.165, 1.54) is 25.1 Å². The van der Waals surface area contributed by atoms with Gasteiger partial charge in [-0.25, -0.2) is 0 Å². The van der Waals surface area contributed by atoms with E-state index in [1.807, 2.05) is 13.8 Å². The smallest absolute Gasteiger partial charge is 0.224 e. The second-order valence-corrected chi connectivity index (χ2v) is 19.1. The average molecular weight is 936 g/mol. The monoisotopic (exact) mass is 935 g/mol. The van der Waals surface area contributed by atoms with Crippen molar-refractivity contribution >= 4 is 23.3 Å². The highest BCUT2D eigenvalue weighted by Gasteiger charge is 2.64. The van der Waals surface area contributed by atoms with Crippen molar-refractivity contribution in [1.29, 1.82) is 0 Å². The zero-order chi connectivity index (χ0) is 47.4.